The molecule has 0 saturated carbocycles. The van der Waals surface area contributed by atoms with Gasteiger partial charge in [0.1, 0.15) is 18.1 Å². The van der Waals surface area contributed by atoms with E-state index in [0.717, 1.165) is 25.1 Å². The van der Waals surface area contributed by atoms with Crippen LogP contribution in [0, 0.1) is 0 Å². The summed E-state index contributed by atoms with van der Waals surface area (Å²) in [5.74, 6) is 0. The van der Waals surface area contributed by atoms with Gasteiger partial charge in [-0.3, -0.25) is 0 Å². The van der Waals surface area contributed by atoms with Crippen molar-refractivity contribution in [3.63, 3.8) is 0 Å². The Hall–Kier alpha value is -0.350. The summed E-state index contributed by atoms with van der Waals surface area (Å²) in [7, 11) is 0. The Kier molecular flexibility index (Phi) is 1.96. The van der Waals surface area contributed by atoms with Crippen LogP contribution in [0.4, 0.5) is 0 Å². The van der Waals surface area contributed by atoms with E-state index in [4.69, 9.17) is 9.15 Å². The molecule has 3 nitrogen and oxygen atoms in total. The number of nitrogens with zero attached hydrogens (tertiary/aromatic N) is 1. The fourth-order valence-corrected chi connectivity index (χ4v) is 1.52. The van der Waals surface area contributed by atoms with E-state index in [-0.39, 0.29) is 6.10 Å². The monoisotopic (exact) mass is 217 g/mol. The molecule has 1 unspecified atom stereocenters. The lowest BCUT2D eigenvalue weighted by molar-refractivity contribution is 0.108. The van der Waals surface area contributed by atoms with Crippen LogP contribution in [-0.4, -0.2) is 11.6 Å². The van der Waals surface area contributed by atoms with E-state index in [9.17, 15) is 0 Å². The van der Waals surface area contributed by atoms with Crippen molar-refractivity contribution in [2.45, 2.75) is 18.9 Å². The summed E-state index contributed by atoms with van der Waals surface area (Å²) < 4.78 is 10.4. The van der Waals surface area contributed by atoms with Crippen molar-refractivity contribution in [1.82, 2.24) is 4.98 Å². The van der Waals surface area contributed by atoms with Gasteiger partial charge in [-0.25, -0.2) is 4.98 Å². The minimum atomic E-state index is 0.157. The highest BCUT2D eigenvalue weighted by molar-refractivity contribution is 9.10. The third-order valence-electron chi connectivity index (χ3n) is 1.75. The molecule has 1 aromatic rings. The van der Waals surface area contributed by atoms with Crippen LogP contribution in [0.2, 0.25) is 0 Å². The summed E-state index contributed by atoms with van der Waals surface area (Å²) in [5, 5.41) is 0. The molecule has 0 N–H and O–H groups in total. The first-order chi connectivity index (χ1) is 5.36. The third kappa shape index (κ3) is 1.46. The number of hydrogen-bond donors (Lipinski definition) is 0. The zero-order valence-electron chi connectivity index (χ0n) is 5.92. The summed E-state index contributed by atoms with van der Waals surface area (Å²) in [6.45, 7) is 0.842. The highest BCUT2D eigenvalue weighted by atomic mass is 79.9. The number of aromatic nitrogens is 1. The van der Waals surface area contributed by atoms with Gasteiger partial charge in [-0.1, -0.05) is 0 Å². The van der Waals surface area contributed by atoms with Gasteiger partial charge >= 0.3 is 0 Å². The Bertz CT molecular complexity index is 242. The molecule has 2 heterocycles. The van der Waals surface area contributed by atoms with Crippen LogP contribution in [0.1, 0.15) is 24.6 Å². The summed E-state index contributed by atoms with van der Waals surface area (Å²) in [6, 6.07) is 0. The van der Waals surface area contributed by atoms with E-state index in [1.807, 2.05) is 0 Å². The van der Waals surface area contributed by atoms with Crippen LogP contribution >= 0.6 is 15.9 Å². The first kappa shape index (κ1) is 7.31. The fourth-order valence-electron chi connectivity index (χ4n) is 1.22. The Morgan fingerprint density at radius 2 is 2.55 bits per heavy atom. The lowest BCUT2D eigenvalue weighted by Crippen LogP contribution is -1.94. The Balaban J connectivity index is 2.15. The topological polar surface area (TPSA) is 35.3 Å². The Morgan fingerprint density at radius 3 is 3.09 bits per heavy atom. The van der Waals surface area contributed by atoms with Crippen LogP contribution in [0.15, 0.2) is 15.5 Å². The molecule has 1 aliphatic rings. The number of halogens is 1. The van der Waals surface area contributed by atoms with Crippen LogP contribution in [0.25, 0.3) is 0 Å². The molecule has 1 saturated heterocycles. The van der Waals surface area contributed by atoms with E-state index in [0.29, 0.717) is 4.80 Å². The van der Waals surface area contributed by atoms with Gasteiger partial charge in [0.15, 0.2) is 0 Å². The lowest BCUT2D eigenvalue weighted by Gasteiger charge is -2.02. The van der Waals surface area contributed by atoms with E-state index in [1.165, 1.54) is 0 Å². The van der Waals surface area contributed by atoms with Gasteiger partial charge in [0.2, 0.25) is 0 Å². The normalized spacial score (nSPS) is 24.3. The Morgan fingerprint density at radius 1 is 1.64 bits per heavy atom. The largest absolute Gasteiger partial charge is 0.439 e. The number of ether oxygens (including phenoxy) is 1. The second kappa shape index (κ2) is 2.95. The molecule has 1 atom stereocenters. The molecule has 0 amide bonds. The van der Waals surface area contributed by atoms with Crippen LogP contribution in [0.3, 0.4) is 0 Å². The van der Waals surface area contributed by atoms with Crippen LogP contribution < -0.4 is 0 Å². The smallest absolute Gasteiger partial charge is 0.264 e. The summed E-state index contributed by atoms with van der Waals surface area (Å²) in [5.41, 5.74) is 0.898. The second-order valence-electron chi connectivity index (χ2n) is 2.53. The van der Waals surface area contributed by atoms with Crippen molar-refractivity contribution in [2.24, 2.45) is 0 Å². The molecule has 0 radical (unpaired) electrons. The summed E-state index contributed by atoms with van der Waals surface area (Å²) in [6.07, 6.45) is 3.97. The molecule has 0 aromatic carbocycles. The SMILES string of the molecule is Brc1nc(C2CCCO2)co1. The molecule has 11 heavy (non-hydrogen) atoms. The maximum atomic E-state index is 5.41. The maximum absolute atomic E-state index is 5.41. The Labute approximate surface area is 72.9 Å². The highest BCUT2D eigenvalue weighted by Gasteiger charge is 2.20. The van der Waals surface area contributed by atoms with Crippen molar-refractivity contribution in [2.75, 3.05) is 6.61 Å². The molecule has 2 rings (SSSR count). The van der Waals surface area contributed by atoms with E-state index in [2.05, 4.69) is 20.9 Å². The molecular weight excluding hydrogens is 210 g/mol. The molecule has 0 bridgehead atoms. The van der Waals surface area contributed by atoms with Gasteiger partial charge < -0.3 is 9.15 Å². The number of rotatable bonds is 1. The highest BCUT2D eigenvalue weighted by Crippen LogP contribution is 2.28. The molecule has 1 aromatic heterocycles. The van der Waals surface area contributed by atoms with Gasteiger partial charge in [0.25, 0.3) is 4.80 Å². The zero-order chi connectivity index (χ0) is 7.68. The van der Waals surface area contributed by atoms with E-state index in [1.54, 1.807) is 6.26 Å². The minimum Gasteiger partial charge on any atom is -0.439 e. The quantitative estimate of drug-likeness (QED) is 0.725. The third-order valence-corrected chi connectivity index (χ3v) is 2.12. The number of hydrogen-bond acceptors (Lipinski definition) is 3. The standard InChI is InChI=1S/C7H8BrNO2/c8-7-9-5(4-11-7)6-2-1-3-10-6/h4,6H,1-3H2. The van der Waals surface area contributed by atoms with Crippen LogP contribution in [0.5, 0.6) is 0 Å². The van der Waals surface area contributed by atoms with E-state index >= 15 is 0 Å². The molecule has 60 valence electrons. The summed E-state index contributed by atoms with van der Waals surface area (Å²) >= 11 is 3.15. The van der Waals surface area contributed by atoms with Gasteiger partial charge in [-0.05, 0) is 12.8 Å². The molecule has 1 fully saturated rings. The molecular formula is C7H8BrNO2. The first-order valence-corrected chi connectivity index (χ1v) is 4.38. The lowest BCUT2D eigenvalue weighted by atomic mass is 10.2. The minimum absolute atomic E-state index is 0.157. The van der Waals surface area contributed by atoms with E-state index < -0.39 is 0 Å². The predicted molar refractivity (Wildman–Crippen MR) is 42.1 cm³/mol. The van der Waals surface area contributed by atoms with Gasteiger partial charge in [-0.2, -0.15) is 0 Å². The average Bonchev–Trinajstić information content (AvgIpc) is 2.55. The van der Waals surface area contributed by atoms with Crippen molar-refractivity contribution in [3.8, 4) is 0 Å². The molecule has 0 aliphatic carbocycles. The zero-order valence-corrected chi connectivity index (χ0v) is 7.50. The van der Waals surface area contributed by atoms with Gasteiger partial charge in [0.05, 0.1) is 0 Å². The van der Waals surface area contributed by atoms with Crippen LogP contribution in [-0.2, 0) is 4.74 Å². The van der Waals surface area contributed by atoms with Gasteiger partial charge in [-0.15, -0.1) is 0 Å². The van der Waals surface area contributed by atoms with Crippen molar-refractivity contribution in [1.29, 1.82) is 0 Å². The fraction of sp³-hybridized carbons (Fsp3) is 0.571. The maximum Gasteiger partial charge on any atom is 0.264 e. The molecule has 0 spiro atoms. The first-order valence-electron chi connectivity index (χ1n) is 3.59. The number of oxazole rings is 1. The average molecular weight is 218 g/mol. The van der Waals surface area contributed by atoms with Crippen molar-refractivity contribution >= 4 is 15.9 Å². The summed E-state index contributed by atoms with van der Waals surface area (Å²) in [4.78, 5) is 4.65. The molecule has 1 aliphatic heterocycles. The predicted octanol–water partition coefficient (Wildman–Crippen LogP) is 2.29. The van der Waals surface area contributed by atoms with Gasteiger partial charge in [0, 0.05) is 22.5 Å². The van der Waals surface area contributed by atoms with Crippen molar-refractivity contribution < 1.29 is 9.15 Å². The second-order valence-corrected chi connectivity index (χ2v) is 3.21. The molecule has 4 heteroatoms. The van der Waals surface area contributed by atoms with Crippen molar-refractivity contribution in [3.05, 3.63) is 16.8 Å².